The number of imidazole rings is 1. The highest BCUT2D eigenvalue weighted by atomic mass is 32.2. The molecule has 0 radical (unpaired) electrons. The normalized spacial score (nSPS) is 12.3. The number of rotatable bonds is 5. The maximum absolute atomic E-state index is 13.3. The van der Waals surface area contributed by atoms with Gasteiger partial charge < -0.3 is 4.90 Å². The zero-order chi connectivity index (χ0) is 17.1. The van der Waals surface area contributed by atoms with Gasteiger partial charge in [0, 0.05) is 19.8 Å². The van der Waals surface area contributed by atoms with Gasteiger partial charge in [0.05, 0.1) is 17.0 Å². The molecule has 3 aromatic rings. The Kier molecular flexibility index (Phi) is 4.85. The van der Waals surface area contributed by atoms with Crippen molar-refractivity contribution in [2.45, 2.75) is 23.9 Å². The number of hydrogen-bond donors (Lipinski definition) is 0. The van der Waals surface area contributed by atoms with Crippen LogP contribution in [0.1, 0.15) is 12.5 Å². The smallest absolute Gasteiger partial charge is 0.235 e. The van der Waals surface area contributed by atoms with Crippen molar-refractivity contribution in [3.05, 3.63) is 66.2 Å². The van der Waals surface area contributed by atoms with Crippen LogP contribution in [0.15, 0.2) is 60.0 Å². The molecule has 0 spiro atoms. The molecule has 0 aliphatic heterocycles. The number of aromatic nitrogens is 2. The molecule has 0 bridgehead atoms. The fraction of sp³-hybridized carbons (Fsp3) is 0.222. The highest BCUT2D eigenvalue weighted by Gasteiger charge is 2.21. The molecule has 1 atom stereocenters. The number of halogens is 1. The van der Waals surface area contributed by atoms with Crippen molar-refractivity contribution in [3.63, 3.8) is 0 Å². The van der Waals surface area contributed by atoms with E-state index in [1.165, 1.54) is 23.9 Å². The molecule has 124 valence electrons. The first kappa shape index (κ1) is 16.5. The van der Waals surface area contributed by atoms with Gasteiger partial charge in [-0.25, -0.2) is 9.37 Å². The molecular weight excluding hydrogens is 325 g/mol. The molecule has 1 unspecified atom stereocenters. The second-order valence-electron chi connectivity index (χ2n) is 5.62. The molecule has 6 heteroatoms. The minimum atomic E-state index is -0.292. The van der Waals surface area contributed by atoms with Gasteiger partial charge in [-0.2, -0.15) is 0 Å². The Labute approximate surface area is 144 Å². The number of fused-ring (bicyclic) bond motifs is 1. The Morgan fingerprint density at radius 2 is 2.17 bits per heavy atom. The van der Waals surface area contributed by atoms with Gasteiger partial charge in [-0.3, -0.25) is 9.20 Å². The lowest BCUT2D eigenvalue weighted by Crippen LogP contribution is -2.32. The SMILES string of the molecule is CC(Sc1ncc2ccccn12)C(=O)N(C)Cc1cccc(F)c1. The maximum atomic E-state index is 13.3. The van der Waals surface area contributed by atoms with Crippen molar-refractivity contribution in [1.82, 2.24) is 14.3 Å². The van der Waals surface area contributed by atoms with E-state index in [0.29, 0.717) is 6.54 Å². The first-order chi connectivity index (χ1) is 11.5. The topological polar surface area (TPSA) is 37.6 Å². The molecule has 0 fully saturated rings. The van der Waals surface area contributed by atoms with Crippen molar-refractivity contribution in [2.75, 3.05) is 7.05 Å². The Morgan fingerprint density at radius 3 is 2.96 bits per heavy atom. The highest BCUT2D eigenvalue weighted by Crippen LogP contribution is 2.24. The molecule has 0 aliphatic carbocycles. The van der Waals surface area contributed by atoms with Crippen molar-refractivity contribution in [2.24, 2.45) is 0 Å². The monoisotopic (exact) mass is 343 g/mol. The van der Waals surface area contributed by atoms with Gasteiger partial charge in [0.1, 0.15) is 5.82 Å². The summed E-state index contributed by atoms with van der Waals surface area (Å²) in [4.78, 5) is 18.6. The predicted molar refractivity (Wildman–Crippen MR) is 93.4 cm³/mol. The molecule has 0 saturated carbocycles. The minimum Gasteiger partial charge on any atom is -0.340 e. The summed E-state index contributed by atoms with van der Waals surface area (Å²) in [5, 5.41) is 0.500. The van der Waals surface area contributed by atoms with E-state index in [0.717, 1.165) is 16.2 Å². The number of pyridine rings is 1. The lowest BCUT2D eigenvalue weighted by atomic mass is 10.2. The Bertz CT molecular complexity index is 864. The molecule has 4 nitrogen and oxygen atoms in total. The summed E-state index contributed by atoms with van der Waals surface area (Å²) in [6, 6.07) is 12.2. The summed E-state index contributed by atoms with van der Waals surface area (Å²) < 4.78 is 15.2. The summed E-state index contributed by atoms with van der Waals surface area (Å²) in [6.07, 6.45) is 3.72. The van der Waals surface area contributed by atoms with Gasteiger partial charge in [-0.15, -0.1) is 0 Å². The van der Waals surface area contributed by atoms with Crippen molar-refractivity contribution in [1.29, 1.82) is 0 Å². The van der Waals surface area contributed by atoms with Crippen LogP contribution in [0.5, 0.6) is 0 Å². The summed E-state index contributed by atoms with van der Waals surface area (Å²) >= 11 is 1.42. The zero-order valence-corrected chi connectivity index (χ0v) is 14.3. The van der Waals surface area contributed by atoms with Crippen LogP contribution in [0.2, 0.25) is 0 Å². The molecule has 3 rings (SSSR count). The van der Waals surface area contributed by atoms with Gasteiger partial charge in [0.25, 0.3) is 0 Å². The van der Waals surface area contributed by atoms with Crippen LogP contribution in [-0.4, -0.2) is 32.5 Å². The van der Waals surface area contributed by atoms with E-state index >= 15 is 0 Å². The maximum Gasteiger partial charge on any atom is 0.235 e. The van der Waals surface area contributed by atoms with Crippen LogP contribution in [0.25, 0.3) is 5.52 Å². The average Bonchev–Trinajstić information content (AvgIpc) is 2.97. The van der Waals surface area contributed by atoms with E-state index in [2.05, 4.69) is 4.98 Å². The van der Waals surface area contributed by atoms with E-state index in [1.54, 1.807) is 24.2 Å². The van der Waals surface area contributed by atoms with E-state index in [4.69, 9.17) is 0 Å². The van der Waals surface area contributed by atoms with E-state index < -0.39 is 0 Å². The third kappa shape index (κ3) is 3.59. The molecule has 1 amide bonds. The predicted octanol–water partition coefficient (Wildman–Crippen LogP) is 3.61. The largest absolute Gasteiger partial charge is 0.340 e. The summed E-state index contributed by atoms with van der Waals surface area (Å²) in [7, 11) is 1.73. The van der Waals surface area contributed by atoms with Gasteiger partial charge >= 0.3 is 0 Å². The first-order valence-corrected chi connectivity index (χ1v) is 8.51. The molecule has 24 heavy (non-hydrogen) atoms. The molecule has 0 N–H and O–H groups in total. The second kappa shape index (κ2) is 7.05. The first-order valence-electron chi connectivity index (χ1n) is 7.63. The van der Waals surface area contributed by atoms with Crippen LogP contribution >= 0.6 is 11.8 Å². The Balaban J connectivity index is 1.67. The number of carbonyl (C=O) groups excluding carboxylic acids is 1. The standard InChI is InChI=1S/C18H18FN3OS/c1-13(24-18-20-11-16-8-3-4-9-22(16)18)17(23)21(2)12-14-6-5-7-15(19)10-14/h3-11,13H,12H2,1-2H3. The summed E-state index contributed by atoms with van der Waals surface area (Å²) in [5.74, 6) is -0.309. The highest BCUT2D eigenvalue weighted by molar-refractivity contribution is 8.00. The lowest BCUT2D eigenvalue weighted by Gasteiger charge is -2.21. The zero-order valence-electron chi connectivity index (χ0n) is 13.5. The third-order valence-electron chi connectivity index (χ3n) is 3.72. The number of benzene rings is 1. The molecule has 0 aliphatic rings. The summed E-state index contributed by atoms with van der Waals surface area (Å²) in [5.41, 5.74) is 1.77. The number of amides is 1. The quantitative estimate of drug-likeness (QED) is 0.664. The number of nitrogens with zero attached hydrogens (tertiary/aromatic N) is 3. The van der Waals surface area contributed by atoms with Crippen LogP contribution in [0.3, 0.4) is 0 Å². The Hall–Kier alpha value is -2.34. The molecular formula is C18H18FN3OS. The van der Waals surface area contributed by atoms with Crippen LogP contribution in [0, 0.1) is 5.82 Å². The van der Waals surface area contributed by atoms with Gasteiger partial charge in [0.2, 0.25) is 5.91 Å². The molecule has 1 aromatic carbocycles. The van der Waals surface area contributed by atoms with Crippen LogP contribution in [0.4, 0.5) is 4.39 Å². The van der Waals surface area contributed by atoms with E-state index in [9.17, 15) is 9.18 Å². The van der Waals surface area contributed by atoms with E-state index in [-0.39, 0.29) is 17.0 Å². The molecule has 0 saturated heterocycles. The minimum absolute atomic E-state index is 0.0167. The fourth-order valence-electron chi connectivity index (χ4n) is 2.51. The molecule has 2 heterocycles. The number of carbonyl (C=O) groups is 1. The summed E-state index contributed by atoms with van der Waals surface area (Å²) in [6.45, 7) is 2.24. The average molecular weight is 343 g/mol. The van der Waals surface area contributed by atoms with Crippen molar-refractivity contribution < 1.29 is 9.18 Å². The number of thioether (sulfide) groups is 1. The van der Waals surface area contributed by atoms with Gasteiger partial charge in [-0.1, -0.05) is 30.0 Å². The van der Waals surface area contributed by atoms with Crippen molar-refractivity contribution >= 4 is 23.2 Å². The second-order valence-corrected chi connectivity index (χ2v) is 6.93. The van der Waals surface area contributed by atoms with Gasteiger partial charge in [-0.05, 0) is 36.8 Å². The molecule has 2 aromatic heterocycles. The Morgan fingerprint density at radius 1 is 1.33 bits per heavy atom. The van der Waals surface area contributed by atoms with Crippen LogP contribution in [-0.2, 0) is 11.3 Å². The third-order valence-corrected chi connectivity index (χ3v) is 4.79. The van der Waals surface area contributed by atoms with Gasteiger partial charge in [0.15, 0.2) is 5.16 Å². The van der Waals surface area contributed by atoms with Crippen LogP contribution < -0.4 is 0 Å². The van der Waals surface area contributed by atoms with Crippen molar-refractivity contribution in [3.8, 4) is 0 Å². The number of hydrogen-bond acceptors (Lipinski definition) is 3. The fourth-order valence-corrected chi connectivity index (χ4v) is 3.50. The lowest BCUT2D eigenvalue weighted by molar-refractivity contribution is -0.129. The van der Waals surface area contributed by atoms with E-state index in [1.807, 2.05) is 41.8 Å².